The van der Waals surface area contributed by atoms with Gasteiger partial charge in [-0.3, -0.25) is 0 Å². The Morgan fingerprint density at radius 3 is 2.55 bits per heavy atom. The zero-order valence-electron chi connectivity index (χ0n) is 5.84. The fourth-order valence-corrected chi connectivity index (χ4v) is 0.391. The van der Waals surface area contributed by atoms with Gasteiger partial charge in [-0.2, -0.15) is 0 Å². The number of carboxylic acid groups (broad SMARTS) is 1. The number of hydrogen-bond donors (Lipinski definition) is 3. The number of carboxylic acids is 1. The molecule has 0 saturated carbocycles. The predicted octanol–water partition coefficient (Wildman–Crippen LogP) is -0.463. The Morgan fingerprint density at radius 2 is 2.09 bits per heavy atom. The van der Waals surface area contributed by atoms with Gasteiger partial charge in [0, 0.05) is 0 Å². The van der Waals surface area contributed by atoms with Crippen molar-refractivity contribution in [2.45, 2.75) is 6.10 Å². The molecule has 11 heavy (non-hydrogen) atoms. The minimum atomic E-state index is -1.47. The fraction of sp³-hybridized carbons (Fsp3) is 0.286. The molecule has 0 amide bonds. The summed E-state index contributed by atoms with van der Waals surface area (Å²) in [6.07, 6.45) is 3.86. The lowest BCUT2D eigenvalue weighted by Crippen LogP contribution is -2.15. The van der Waals surface area contributed by atoms with E-state index in [9.17, 15) is 4.79 Å². The van der Waals surface area contributed by atoms with Crippen molar-refractivity contribution in [3.8, 4) is 0 Å². The topological polar surface area (TPSA) is 77.8 Å². The van der Waals surface area contributed by atoms with Crippen LogP contribution in [-0.2, 0) is 4.79 Å². The van der Waals surface area contributed by atoms with Crippen LogP contribution in [-0.4, -0.2) is 34.0 Å². The molecule has 0 rings (SSSR count). The Balaban J connectivity index is 3.74. The SMILES string of the molecule is O=C(O)C(O)C=CC=CCO. The molecular formula is C7H10O4. The van der Waals surface area contributed by atoms with Crippen LogP contribution in [0, 0.1) is 0 Å². The smallest absolute Gasteiger partial charge is 0.336 e. The van der Waals surface area contributed by atoms with Gasteiger partial charge in [0.25, 0.3) is 0 Å². The number of rotatable bonds is 4. The molecule has 0 aromatic heterocycles. The lowest BCUT2D eigenvalue weighted by atomic mass is 10.3. The van der Waals surface area contributed by atoms with Crippen LogP contribution >= 0.6 is 0 Å². The van der Waals surface area contributed by atoms with Crippen LogP contribution in [0.3, 0.4) is 0 Å². The van der Waals surface area contributed by atoms with Gasteiger partial charge in [-0.05, 0) is 6.08 Å². The summed E-state index contributed by atoms with van der Waals surface area (Å²) in [6.45, 7) is -0.104. The second kappa shape index (κ2) is 5.64. The van der Waals surface area contributed by atoms with Crippen molar-refractivity contribution in [3.63, 3.8) is 0 Å². The van der Waals surface area contributed by atoms with Crippen molar-refractivity contribution in [2.24, 2.45) is 0 Å². The van der Waals surface area contributed by atoms with Crippen molar-refractivity contribution < 1.29 is 20.1 Å². The monoisotopic (exact) mass is 158 g/mol. The van der Waals surface area contributed by atoms with E-state index in [2.05, 4.69) is 0 Å². The predicted molar refractivity (Wildman–Crippen MR) is 39.0 cm³/mol. The van der Waals surface area contributed by atoms with E-state index in [4.69, 9.17) is 15.3 Å². The van der Waals surface area contributed by atoms with Crippen LogP contribution in [0.4, 0.5) is 0 Å². The van der Waals surface area contributed by atoms with Gasteiger partial charge in [-0.15, -0.1) is 0 Å². The molecule has 1 unspecified atom stereocenters. The number of allylic oxidation sites excluding steroid dienone is 2. The third-order valence-corrected chi connectivity index (χ3v) is 0.899. The van der Waals surface area contributed by atoms with Crippen molar-refractivity contribution in [2.75, 3.05) is 6.61 Å². The average molecular weight is 158 g/mol. The second-order valence-electron chi connectivity index (χ2n) is 1.78. The standard InChI is InChI=1S/C7H10O4/c8-5-3-1-2-4-6(9)7(10)11/h1-4,6,8-9H,5H2,(H,10,11). The molecule has 0 heterocycles. The third-order valence-electron chi connectivity index (χ3n) is 0.899. The van der Waals surface area contributed by atoms with Crippen LogP contribution in [0.5, 0.6) is 0 Å². The zero-order valence-corrected chi connectivity index (χ0v) is 5.84. The third kappa shape index (κ3) is 5.32. The fourth-order valence-electron chi connectivity index (χ4n) is 0.391. The second-order valence-corrected chi connectivity index (χ2v) is 1.78. The molecule has 4 nitrogen and oxygen atoms in total. The molecule has 1 atom stereocenters. The zero-order chi connectivity index (χ0) is 8.69. The highest BCUT2D eigenvalue weighted by atomic mass is 16.4. The number of aliphatic carboxylic acids is 1. The van der Waals surface area contributed by atoms with Crippen molar-refractivity contribution in [1.82, 2.24) is 0 Å². The van der Waals surface area contributed by atoms with Crippen LogP contribution in [0.15, 0.2) is 24.3 Å². The summed E-state index contributed by atoms with van der Waals surface area (Å²) in [5.41, 5.74) is 0. The van der Waals surface area contributed by atoms with Crippen LogP contribution in [0.25, 0.3) is 0 Å². The molecule has 62 valence electrons. The molecule has 0 spiro atoms. The van der Waals surface area contributed by atoms with E-state index in [0.29, 0.717) is 0 Å². The normalized spacial score (nSPS) is 14.4. The van der Waals surface area contributed by atoms with Gasteiger partial charge in [-0.25, -0.2) is 4.79 Å². The van der Waals surface area contributed by atoms with Crippen LogP contribution in [0.1, 0.15) is 0 Å². The molecule has 0 aromatic rings. The first kappa shape index (κ1) is 9.87. The summed E-state index contributed by atoms with van der Waals surface area (Å²) < 4.78 is 0. The summed E-state index contributed by atoms with van der Waals surface area (Å²) >= 11 is 0. The van der Waals surface area contributed by atoms with Gasteiger partial charge in [0.15, 0.2) is 6.10 Å². The highest BCUT2D eigenvalue weighted by Gasteiger charge is 2.05. The van der Waals surface area contributed by atoms with Crippen molar-refractivity contribution in [1.29, 1.82) is 0 Å². The van der Waals surface area contributed by atoms with E-state index in [-0.39, 0.29) is 6.61 Å². The van der Waals surface area contributed by atoms with E-state index in [1.54, 1.807) is 0 Å². The number of hydrogen-bond acceptors (Lipinski definition) is 3. The molecule has 4 heteroatoms. The Labute approximate surface area is 64.1 Å². The van der Waals surface area contributed by atoms with E-state index in [1.165, 1.54) is 18.2 Å². The van der Waals surface area contributed by atoms with E-state index >= 15 is 0 Å². The van der Waals surface area contributed by atoms with Gasteiger partial charge in [0.05, 0.1) is 6.61 Å². The van der Waals surface area contributed by atoms with Gasteiger partial charge in [0.2, 0.25) is 0 Å². The number of aliphatic hydroxyl groups excluding tert-OH is 2. The largest absolute Gasteiger partial charge is 0.479 e. The molecule has 0 fully saturated rings. The lowest BCUT2D eigenvalue weighted by molar-refractivity contribution is -0.144. The number of carbonyl (C=O) groups is 1. The Kier molecular flexibility index (Phi) is 5.06. The highest BCUT2D eigenvalue weighted by molar-refractivity contribution is 5.74. The first-order valence-corrected chi connectivity index (χ1v) is 3.03. The first-order chi connectivity index (χ1) is 5.18. The summed E-state index contributed by atoms with van der Waals surface area (Å²) in [6, 6.07) is 0. The maximum Gasteiger partial charge on any atom is 0.336 e. The average Bonchev–Trinajstić information content (AvgIpc) is 1.97. The molecule has 0 radical (unpaired) electrons. The molecule has 3 N–H and O–H groups in total. The van der Waals surface area contributed by atoms with Crippen LogP contribution < -0.4 is 0 Å². The summed E-state index contributed by atoms with van der Waals surface area (Å²) in [4.78, 5) is 9.99. The Hall–Kier alpha value is -1.13. The maximum absolute atomic E-state index is 9.99. The molecule has 0 aromatic carbocycles. The molecule has 0 saturated heterocycles. The molecule has 0 aliphatic carbocycles. The highest BCUT2D eigenvalue weighted by Crippen LogP contribution is 1.86. The summed E-state index contributed by atoms with van der Waals surface area (Å²) in [7, 11) is 0. The Morgan fingerprint density at radius 1 is 1.45 bits per heavy atom. The first-order valence-electron chi connectivity index (χ1n) is 3.03. The van der Waals surface area contributed by atoms with Crippen molar-refractivity contribution in [3.05, 3.63) is 24.3 Å². The quantitative estimate of drug-likeness (QED) is 0.483. The Bertz CT molecular complexity index is 171. The maximum atomic E-state index is 9.99. The van der Waals surface area contributed by atoms with Crippen LogP contribution in [0.2, 0.25) is 0 Å². The minimum absolute atomic E-state index is 0.104. The molecule has 0 aliphatic heterocycles. The molecule has 0 aliphatic rings. The molecule has 0 bridgehead atoms. The van der Waals surface area contributed by atoms with Gasteiger partial charge < -0.3 is 15.3 Å². The van der Waals surface area contributed by atoms with E-state index in [0.717, 1.165) is 6.08 Å². The van der Waals surface area contributed by atoms with Gasteiger partial charge >= 0.3 is 5.97 Å². The van der Waals surface area contributed by atoms with Crippen molar-refractivity contribution >= 4 is 5.97 Å². The number of aliphatic hydroxyl groups is 2. The van der Waals surface area contributed by atoms with Gasteiger partial charge in [-0.1, -0.05) is 18.2 Å². The molecular weight excluding hydrogens is 148 g/mol. The van der Waals surface area contributed by atoms with E-state index < -0.39 is 12.1 Å². The van der Waals surface area contributed by atoms with E-state index in [1.807, 2.05) is 0 Å². The summed E-state index contributed by atoms with van der Waals surface area (Å²) in [5.74, 6) is -1.29. The summed E-state index contributed by atoms with van der Waals surface area (Å²) in [5, 5.41) is 25.0. The van der Waals surface area contributed by atoms with Gasteiger partial charge in [0.1, 0.15) is 0 Å². The lowest BCUT2D eigenvalue weighted by Gasteiger charge is -1.93. The minimum Gasteiger partial charge on any atom is -0.479 e.